The minimum atomic E-state index is -1.08. The van der Waals surface area contributed by atoms with Gasteiger partial charge in [-0.1, -0.05) is 0 Å². The smallest absolute Gasteiger partial charge is 0.166 e. The maximum absolute atomic E-state index is 12.6. The molecule has 60 valence electrons. The van der Waals surface area contributed by atoms with Crippen molar-refractivity contribution in [1.29, 1.82) is 0 Å². The zero-order valence-corrected chi connectivity index (χ0v) is 5.64. The molecule has 0 saturated carbocycles. The molecule has 0 aliphatic heterocycles. The lowest BCUT2D eigenvalue weighted by molar-refractivity contribution is 0.274. The summed E-state index contributed by atoms with van der Waals surface area (Å²) in [6.45, 7) is -0.588. The van der Waals surface area contributed by atoms with Gasteiger partial charge in [0.1, 0.15) is 0 Å². The lowest BCUT2D eigenvalue weighted by Gasteiger charge is -2.02. The Morgan fingerprint density at radius 2 is 2.00 bits per heavy atom. The number of aliphatic hydroxyl groups excluding tert-OH is 1. The van der Waals surface area contributed by atoms with Crippen LogP contribution < -0.4 is 5.73 Å². The van der Waals surface area contributed by atoms with Gasteiger partial charge in [-0.2, -0.15) is 0 Å². The van der Waals surface area contributed by atoms with E-state index in [4.69, 9.17) is 10.8 Å². The molecule has 0 heterocycles. The summed E-state index contributed by atoms with van der Waals surface area (Å²) in [6, 6.07) is 2.13. The number of nitrogen functional groups attached to an aromatic ring is 1. The summed E-state index contributed by atoms with van der Waals surface area (Å²) in [5.41, 5.74) is 5.11. The van der Waals surface area contributed by atoms with Crippen LogP contribution >= 0.6 is 0 Å². The molecule has 0 saturated heterocycles. The number of halogens is 2. The van der Waals surface area contributed by atoms with Crippen molar-refractivity contribution in [2.24, 2.45) is 0 Å². The van der Waals surface area contributed by atoms with E-state index in [2.05, 4.69) is 0 Å². The van der Waals surface area contributed by atoms with Crippen molar-refractivity contribution in [3.8, 4) is 0 Å². The summed E-state index contributed by atoms with van der Waals surface area (Å²) >= 11 is 0. The highest BCUT2D eigenvalue weighted by Crippen LogP contribution is 2.18. The lowest BCUT2D eigenvalue weighted by Crippen LogP contribution is -2.00. The van der Waals surface area contributed by atoms with Gasteiger partial charge in [-0.25, -0.2) is 8.78 Å². The van der Waals surface area contributed by atoms with Crippen LogP contribution in [0.2, 0.25) is 0 Å². The highest BCUT2D eigenvalue weighted by atomic mass is 19.2. The van der Waals surface area contributed by atoms with E-state index in [9.17, 15) is 8.78 Å². The molecule has 11 heavy (non-hydrogen) atoms. The van der Waals surface area contributed by atoms with E-state index in [1.807, 2.05) is 0 Å². The molecule has 0 amide bonds. The predicted octanol–water partition coefficient (Wildman–Crippen LogP) is 1.04. The Bertz CT molecular complexity index is 275. The Morgan fingerprint density at radius 1 is 1.36 bits per heavy atom. The molecule has 0 aliphatic carbocycles. The number of rotatable bonds is 1. The van der Waals surface area contributed by atoms with E-state index in [1.165, 1.54) is 6.07 Å². The molecule has 0 radical (unpaired) electrons. The van der Waals surface area contributed by atoms with Crippen molar-refractivity contribution in [1.82, 2.24) is 0 Å². The van der Waals surface area contributed by atoms with E-state index >= 15 is 0 Å². The van der Waals surface area contributed by atoms with E-state index in [0.717, 1.165) is 6.07 Å². The number of anilines is 1. The van der Waals surface area contributed by atoms with E-state index < -0.39 is 18.2 Å². The largest absolute Gasteiger partial charge is 0.398 e. The summed E-state index contributed by atoms with van der Waals surface area (Å²) in [5, 5.41) is 8.54. The van der Waals surface area contributed by atoms with Gasteiger partial charge >= 0.3 is 0 Å². The third-order valence-corrected chi connectivity index (χ3v) is 1.39. The number of hydrogen-bond acceptors (Lipinski definition) is 2. The van der Waals surface area contributed by atoms with Crippen LogP contribution in [0.15, 0.2) is 12.1 Å². The highest BCUT2D eigenvalue weighted by molar-refractivity contribution is 5.47. The van der Waals surface area contributed by atoms with E-state index in [-0.39, 0.29) is 11.3 Å². The molecule has 0 aliphatic rings. The lowest BCUT2D eigenvalue weighted by atomic mass is 10.2. The highest BCUT2D eigenvalue weighted by Gasteiger charge is 2.09. The molecular weight excluding hydrogens is 152 g/mol. The van der Waals surface area contributed by atoms with Crippen molar-refractivity contribution in [2.75, 3.05) is 5.73 Å². The molecule has 0 fully saturated rings. The Morgan fingerprint density at radius 3 is 2.45 bits per heavy atom. The molecular formula is C7H7F2NO. The Balaban J connectivity index is 3.29. The van der Waals surface area contributed by atoms with Crippen molar-refractivity contribution in [2.45, 2.75) is 6.61 Å². The summed E-state index contributed by atoms with van der Waals surface area (Å²) in [7, 11) is 0. The standard InChI is InChI=1S/C7H7F2NO/c8-5-1-2-6(10)4(3-11)7(5)9/h1-2,11H,3,10H2. The monoisotopic (exact) mass is 159 g/mol. The van der Waals surface area contributed by atoms with Crippen LogP contribution in [0, 0.1) is 11.6 Å². The van der Waals surface area contributed by atoms with Crippen LogP contribution in [0.1, 0.15) is 5.56 Å². The van der Waals surface area contributed by atoms with Crippen molar-refractivity contribution < 1.29 is 13.9 Å². The Labute approximate surface area is 62.3 Å². The first kappa shape index (κ1) is 7.94. The average molecular weight is 159 g/mol. The number of aliphatic hydroxyl groups is 1. The number of hydrogen-bond donors (Lipinski definition) is 2. The Kier molecular flexibility index (Phi) is 2.05. The van der Waals surface area contributed by atoms with Gasteiger partial charge in [-0.15, -0.1) is 0 Å². The van der Waals surface area contributed by atoms with Crippen molar-refractivity contribution in [3.05, 3.63) is 29.3 Å². The van der Waals surface area contributed by atoms with Gasteiger partial charge in [0, 0.05) is 11.3 Å². The van der Waals surface area contributed by atoms with Gasteiger partial charge in [0.15, 0.2) is 11.6 Å². The molecule has 1 rings (SSSR count). The Hall–Kier alpha value is -1.16. The van der Waals surface area contributed by atoms with Crippen LogP contribution in [0.25, 0.3) is 0 Å². The maximum Gasteiger partial charge on any atom is 0.166 e. The summed E-state index contributed by atoms with van der Waals surface area (Å²) in [5.74, 6) is -2.07. The second kappa shape index (κ2) is 2.84. The third-order valence-electron chi connectivity index (χ3n) is 1.39. The predicted molar refractivity (Wildman–Crippen MR) is 36.7 cm³/mol. The van der Waals surface area contributed by atoms with Crippen LogP contribution in [0.5, 0.6) is 0 Å². The number of benzene rings is 1. The minimum absolute atomic E-state index is 0.0615. The normalized spacial score (nSPS) is 10.1. The summed E-state index contributed by atoms with van der Waals surface area (Å²) < 4.78 is 25.1. The van der Waals surface area contributed by atoms with Crippen LogP contribution in [-0.2, 0) is 6.61 Å². The second-order valence-electron chi connectivity index (χ2n) is 2.09. The minimum Gasteiger partial charge on any atom is -0.398 e. The zero-order valence-electron chi connectivity index (χ0n) is 5.64. The van der Waals surface area contributed by atoms with Crippen molar-refractivity contribution >= 4 is 5.69 Å². The van der Waals surface area contributed by atoms with Gasteiger partial charge in [-0.3, -0.25) is 0 Å². The molecule has 0 atom stereocenters. The number of nitrogens with two attached hydrogens (primary N) is 1. The molecule has 0 unspecified atom stereocenters. The summed E-state index contributed by atoms with van der Waals surface area (Å²) in [6.07, 6.45) is 0. The topological polar surface area (TPSA) is 46.2 Å². The fraction of sp³-hybridized carbons (Fsp3) is 0.143. The van der Waals surface area contributed by atoms with Gasteiger partial charge in [0.2, 0.25) is 0 Å². The van der Waals surface area contributed by atoms with Gasteiger partial charge in [-0.05, 0) is 12.1 Å². The van der Waals surface area contributed by atoms with Crippen LogP contribution in [0.4, 0.5) is 14.5 Å². The first-order valence-corrected chi connectivity index (χ1v) is 3.00. The first-order valence-electron chi connectivity index (χ1n) is 3.00. The average Bonchev–Trinajstić information content (AvgIpc) is 1.99. The summed E-state index contributed by atoms with van der Waals surface area (Å²) in [4.78, 5) is 0. The van der Waals surface area contributed by atoms with Crippen LogP contribution in [-0.4, -0.2) is 5.11 Å². The second-order valence-corrected chi connectivity index (χ2v) is 2.09. The van der Waals surface area contributed by atoms with Crippen molar-refractivity contribution in [3.63, 3.8) is 0 Å². The molecule has 4 heteroatoms. The first-order chi connectivity index (χ1) is 5.16. The third kappa shape index (κ3) is 1.30. The molecule has 2 nitrogen and oxygen atoms in total. The fourth-order valence-corrected chi connectivity index (χ4v) is 0.768. The van der Waals surface area contributed by atoms with E-state index in [1.54, 1.807) is 0 Å². The van der Waals surface area contributed by atoms with Crippen LogP contribution in [0.3, 0.4) is 0 Å². The molecule has 0 aromatic heterocycles. The van der Waals surface area contributed by atoms with Gasteiger partial charge in [0.25, 0.3) is 0 Å². The SMILES string of the molecule is Nc1ccc(F)c(F)c1CO. The maximum atomic E-state index is 12.6. The molecule has 0 bridgehead atoms. The van der Waals surface area contributed by atoms with E-state index in [0.29, 0.717) is 0 Å². The zero-order chi connectivity index (χ0) is 8.43. The molecule has 1 aromatic rings. The molecule has 3 N–H and O–H groups in total. The molecule has 1 aromatic carbocycles. The van der Waals surface area contributed by atoms with Gasteiger partial charge < -0.3 is 10.8 Å². The quantitative estimate of drug-likeness (QED) is 0.601. The fourth-order valence-electron chi connectivity index (χ4n) is 0.768. The van der Waals surface area contributed by atoms with Gasteiger partial charge in [0.05, 0.1) is 6.61 Å². The molecule has 0 spiro atoms.